The van der Waals surface area contributed by atoms with E-state index in [2.05, 4.69) is 33.4 Å². The number of carbonyl (C=O) groups is 4. The normalized spacial score (nSPS) is 16.5. The van der Waals surface area contributed by atoms with E-state index in [0.717, 1.165) is 22.3 Å². The molecule has 5 N–H and O–H groups in total. The Morgan fingerprint density at radius 1 is 0.773 bits per heavy atom. The SMILES string of the molecule is C=CC1=C(C)C(C=c2[nH]c(=Cc3[nH]c(/C=C4\NC(=O)C(C)=C4C=C)c(C)c3CCC(=O)O)c(CCC(=O)O)c2C)=NC1=O.Cl. The molecule has 0 aromatic carbocycles. The lowest BCUT2D eigenvalue weighted by Crippen LogP contribution is -2.15. The van der Waals surface area contributed by atoms with Crippen LogP contribution in [-0.4, -0.2) is 49.6 Å². The summed E-state index contributed by atoms with van der Waals surface area (Å²) in [7, 11) is 0. The Hall–Kier alpha value is -4.96. The Bertz CT molecular complexity index is 1860. The summed E-state index contributed by atoms with van der Waals surface area (Å²) in [6.07, 6.45) is 8.80. The van der Waals surface area contributed by atoms with E-state index in [4.69, 9.17) is 0 Å². The second-order valence-electron chi connectivity index (χ2n) is 10.5. The maximum atomic E-state index is 12.3. The highest BCUT2D eigenvalue weighted by molar-refractivity contribution is 6.31. The van der Waals surface area contributed by atoms with Gasteiger partial charge >= 0.3 is 11.9 Å². The van der Waals surface area contributed by atoms with E-state index in [-0.39, 0.29) is 49.9 Å². The van der Waals surface area contributed by atoms with Crippen molar-refractivity contribution in [1.82, 2.24) is 15.3 Å². The Kier molecular flexibility index (Phi) is 10.3. The van der Waals surface area contributed by atoms with Crippen LogP contribution in [-0.2, 0) is 32.0 Å². The van der Waals surface area contributed by atoms with Gasteiger partial charge in [-0.25, -0.2) is 4.99 Å². The highest BCUT2D eigenvalue weighted by atomic mass is 35.5. The van der Waals surface area contributed by atoms with E-state index >= 15 is 0 Å². The number of rotatable bonds is 11. The number of amides is 2. The van der Waals surface area contributed by atoms with Crippen molar-refractivity contribution in [3.63, 3.8) is 0 Å². The Balaban J connectivity index is 0.00000529. The average molecular weight is 619 g/mol. The number of carboxylic acid groups (broad SMARTS) is 2. The molecule has 0 atom stereocenters. The fourth-order valence-electron chi connectivity index (χ4n) is 5.34. The number of hydrogen-bond donors (Lipinski definition) is 5. The van der Waals surface area contributed by atoms with E-state index in [0.29, 0.717) is 55.8 Å². The third-order valence-corrected chi connectivity index (χ3v) is 7.87. The zero-order valence-corrected chi connectivity index (χ0v) is 25.8. The second kappa shape index (κ2) is 13.6. The minimum absolute atomic E-state index is 0. The molecule has 2 aliphatic rings. The highest BCUT2D eigenvalue weighted by Gasteiger charge is 2.23. The molecule has 11 heteroatoms. The van der Waals surface area contributed by atoms with Crippen molar-refractivity contribution >= 4 is 60.1 Å². The van der Waals surface area contributed by atoms with Crippen LogP contribution in [0.1, 0.15) is 60.3 Å². The number of aromatic amines is 2. The molecule has 2 aromatic rings. The predicted molar refractivity (Wildman–Crippen MR) is 172 cm³/mol. The van der Waals surface area contributed by atoms with E-state index < -0.39 is 11.9 Å². The van der Waals surface area contributed by atoms with Gasteiger partial charge in [0.2, 0.25) is 0 Å². The predicted octanol–water partition coefficient (Wildman–Crippen LogP) is 3.48. The number of aliphatic imine (C=N–C) groups is 1. The van der Waals surface area contributed by atoms with E-state index in [1.807, 2.05) is 19.9 Å². The van der Waals surface area contributed by atoms with Crippen molar-refractivity contribution in [1.29, 1.82) is 0 Å². The molecule has 0 bridgehead atoms. The van der Waals surface area contributed by atoms with E-state index in [1.165, 1.54) is 6.08 Å². The lowest BCUT2D eigenvalue weighted by atomic mass is 10.0. The van der Waals surface area contributed by atoms with Gasteiger partial charge in [-0.15, -0.1) is 12.4 Å². The molecule has 4 heterocycles. The quantitative estimate of drug-likeness (QED) is 0.259. The number of aromatic nitrogens is 2. The molecule has 0 fully saturated rings. The molecule has 2 aliphatic heterocycles. The molecular formula is C33H35ClN4O6. The number of aliphatic carboxylic acids is 2. The monoisotopic (exact) mass is 618 g/mol. The summed E-state index contributed by atoms with van der Waals surface area (Å²) in [4.78, 5) is 58.4. The number of nitrogens with zero attached hydrogens (tertiary/aromatic N) is 1. The van der Waals surface area contributed by atoms with Gasteiger partial charge in [0, 0.05) is 51.6 Å². The van der Waals surface area contributed by atoms with Crippen LogP contribution in [0.15, 0.2) is 58.3 Å². The molecule has 0 saturated carbocycles. The first-order valence-electron chi connectivity index (χ1n) is 13.8. The van der Waals surface area contributed by atoms with Gasteiger partial charge in [0.15, 0.2) is 0 Å². The van der Waals surface area contributed by atoms with E-state index in [9.17, 15) is 29.4 Å². The molecule has 10 nitrogen and oxygen atoms in total. The summed E-state index contributed by atoms with van der Waals surface area (Å²) < 4.78 is 0. The van der Waals surface area contributed by atoms with Crippen molar-refractivity contribution in [3.05, 3.63) is 97.6 Å². The van der Waals surface area contributed by atoms with Crippen molar-refractivity contribution in [3.8, 4) is 0 Å². The van der Waals surface area contributed by atoms with Gasteiger partial charge < -0.3 is 25.5 Å². The zero-order chi connectivity index (χ0) is 31.6. The molecular weight excluding hydrogens is 584 g/mol. The van der Waals surface area contributed by atoms with Gasteiger partial charge in [0.25, 0.3) is 11.8 Å². The number of nitrogens with one attached hydrogen (secondary N) is 3. The van der Waals surface area contributed by atoms with Crippen LogP contribution in [0.2, 0.25) is 0 Å². The van der Waals surface area contributed by atoms with Crippen LogP contribution < -0.4 is 16.0 Å². The fourth-order valence-corrected chi connectivity index (χ4v) is 5.34. The van der Waals surface area contributed by atoms with Gasteiger partial charge in [-0.3, -0.25) is 19.2 Å². The zero-order valence-electron chi connectivity index (χ0n) is 25.0. The number of carboxylic acids is 2. The van der Waals surface area contributed by atoms with Crippen molar-refractivity contribution < 1.29 is 29.4 Å². The summed E-state index contributed by atoms with van der Waals surface area (Å²) >= 11 is 0. The Morgan fingerprint density at radius 2 is 1.39 bits per heavy atom. The maximum absolute atomic E-state index is 12.3. The van der Waals surface area contributed by atoms with Gasteiger partial charge in [0.05, 0.1) is 11.4 Å². The lowest BCUT2D eigenvalue weighted by Gasteiger charge is -2.02. The van der Waals surface area contributed by atoms with Crippen LogP contribution in [0.5, 0.6) is 0 Å². The molecule has 0 radical (unpaired) electrons. The Labute approximate surface area is 260 Å². The summed E-state index contributed by atoms with van der Waals surface area (Å²) in [6, 6.07) is 0. The number of hydrogen-bond acceptors (Lipinski definition) is 4. The molecule has 2 amide bonds. The van der Waals surface area contributed by atoms with Gasteiger partial charge in [-0.1, -0.05) is 25.3 Å². The minimum Gasteiger partial charge on any atom is -0.481 e. The van der Waals surface area contributed by atoms with Gasteiger partial charge in [-0.05, 0) is 86.6 Å². The first kappa shape index (κ1) is 33.5. The van der Waals surface area contributed by atoms with E-state index in [1.54, 1.807) is 32.1 Å². The molecule has 0 unspecified atom stereocenters. The summed E-state index contributed by atoms with van der Waals surface area (Å²) in [5, 5.41) is 23.0. The number of allylic oxidation sites excluding steroid dienone is 2. The number of carbonyl (C=O) groups excluding carboxylic acids is 2. The third kappa shape index (κ3) is 6.65. The average Bonchev–Trinajstić information content (AvgIpc) is 3.59. The van der Waals surface area contributed by atoms with Crippen molar-refractivity contribution in [2.24, 2.45) is 4.99 Å². The van der Waals surface area contributed by atoms with Crippen molar-refractivity contribution in [2.75, 3.05) is 0 Å². The number of H-pyrrole nitrogens is 2. The summed E-state index contributed by atoms with van der Waals surface area (Å²) in [5.41, 5.74) is 7.97. The van der Waals surface area contributed by atoms with Crippen LogP contribution in [0.25, 0.3) is 18.2 Å². The standard InChI is InChI=1S/C33H34N4O6.ClH/c1-7-20-19(6)32(42)37-27(20)14-25-18(5)23(10-12-31(40)41)29(35-25)15-28-22(9-11-30(38)39)17(4)24(34-28)13-26-16(3)21(8-2)33(43)36-26;/h7-8,13-15,34-35H,1-2,9-12H2,3-6H3,(H,37,42)(H,38,39)(H,40,41);1H/b24-13?,27-14-,28-15?;. The van der Waals surface area contributed by atoms with Crippen LogP contribution in [0.4, 0.5) is 0 Å². The van der Waals surface area contributed by atoms with Crippen molar-refractivity contribution in [2.45, 2.75) is 53.4 Å². The van der Waals surface area contributed by atoms with Crippen LogP contribution in [0, 0.1) is 13.8 Å². The molecule has 0 aliphatic carbocycles. The Morgan fingerprint density at radius 3 is 1.95 bits per heavy atom. The largest absolute Gasteiger partial charge is 0.481 e. The third-order valence-electron chi connectivity index (χ3n) is 7.87. The van der Waals surface area contributed by atoms with Crippen LogP contribution in [0.3, 0.4) is 0 Å². The first-order chi connectivity index (χ1) is 20.4. The molecule has 0 saturated heterocycles. The number of halogens is 1. The van der Waals surface area contributed by atoms with Gasteiger partial charge in [0.1, 0.15) is 0 Å². The fraction of sp³-hybridized carbons (Fsp3) is 0.242. The maximum Gasteiger partial charge on any atom is 0.303 e. The summed E-state index contributed by atoms with van der Waals surface area (Å²) in [5.74, 6) is -2.46. The minimum atomic E-state index is -0.941. The van der Waals surface area contributed by atoms with Crippen LogP contribution >= 0.6 is 12.4 Å². The highest BCUT2D eigenvalue weighted by Crippen LogP contribution is 2.27. The molecule has 4 rings (SSSR count). The van der Waals surface area contributed by atoms with Gasteiger partial charge in [-0.2, -0.15) is 0 Å². The molecule has 2 aromatic heterocycles. The molecule has 230 valence electrons. The second-order valence-corrected chi connectivity index (χ2v) is 10.5. The molecule has 44 heavy (non-hydrogen) atoms. The topological polar surface area (TPSA) is 165 Å². The summed E-state index contributed by atoms with van der Waals surface area (Å²) in [6.45, 7) is 14.8. The molecule has 0 spiro atoms. The smallest absolute Gasteiger partial charge is 0.303 e. The first-order valence-corrected chi connectivity index (χ1v) is 13.8. The lowest BCUT2D eigenvalue weighted by molar-refractivity contribution is -0.138.